The van der Waals surface area contributed by atoms with Crippen LogP contribution in [0.3, 0.4) is 0 Å². The van der Waals surface area contributed by atoms with Crippen LogP contribution < -0.4 is 5.32 Å². The van der Waals surface area contributed by atoms with E-state index in [4.69, 9.17) is 0 Å². The van der Waals surface area contributed by atoms with E-state index in [1.54, 1.807) is 16.8 Å². The molecule has 7 heteroatoms. The largest absolute Gasteiger partial charge is 0.357 e. The maximum atomic E-state index is 14.2. The van der Waals surface area contributed by atoms with E-state index in [9.17, 15) is 14.4 Å². The molecule has 0 saturated carbocycles. The highest BCUT2D eigenvalue weighted by Crippen LogP contribution is 2.25. The Morgan fingerprint density at radius 2 is 1.66 bits per heavy atom. The van der Waals surface area contributed by atoms with Crippen molar-refractivity contribution in [1.82, 2.24) is 20.1 Å². The van der Waals surface area contributed by atoms with Gasteiger partial charge in [-0.15, -0.1) is 0 Å². The molecule has 2 heterocycles. The lowest BCUT2D eigenvalue weighted by Crippen LogP contribution is -2.55. The lowest BCUT2D eigenvalue weighted by atomic mass is 9.97. The minimum Gasteiger partial charge on any atom is -0.357 e. The number of carbonyl (C=O) groups is 3. The van der Waals surface area contributed by atoms with Gasteiger partial charge in [-0.3, -0.25) is 19.4 Å². The van der Waals surface area contributed by atoms with Crippen molar-refractivity contribution < 1.29 is 14.4 Å². The van der Waals surface area contributed by atoms with Gasteiger partial charge < -0.3 is 15.1 Å². The summed E-state index contributed by atoms with van der Waals surface area (Å²) < 4.78 is 0. The molecule has 3 amide bonds. The number of aromatic nitrogens is 1. The van der Waals surface area contributed by atoms with Crippen LogP contribution in [0.25, 0.3) is 21.7 Å². The standard InChI is InChI=1S/C34H38N4O3/c1-23(2)18-31-34(41)38(30(33(40)35-3)21-24-12-13-26-8-4-5-9-27(26)19-24)17-15-32(39)37(31)16-14-25-20-28-10-6-7-11-29(28)36-22-25/h4-13,19-20,22-23,30-31H,14-18,21H2,1-3H3,(H,35,40)/t30-,31-/m0/s1. The highest BCUT2D eigenvalue weighted by molar-refractivity contribution is 5.94. The Labute approximate surface area is 241 Å². The van der Waals surface area contributed by atoms with E-state index < -0.39 is 12.1 Å². The minimum absolute atomic E-state index is 0.0541. The van der Waals surface area contributed by atoms with Crippen LogP contribution in [0.5, 0.6) is 0 Å². The molecule has 1 aliphatic rings. The Balaban J connectivity index is 1.40. The van der Waals surface area contributed by atoms with Crippen LogP contribution in [0.1, 0.15) is 37.8 Å². The number of likely N-dealkylation sites (N-methyl/N-ethyl adjacent to an activating group) is 1. The number of rotatable bonds is 9. The molecule has 2 atom stereocenters. The summed E-state index contributed by atoms with van der Waals surface area (Å²) >= 11 is 0. The molecular weight excluding hydrogens is 512 g/mol. The molecule has 1 saturated heterocycles. The number of nitrogens with zero attached hydrogens (tertiary/aromatic N) is 3. The number of hydrogen-bond donors (Lipinski definition) is 1. The van der Waals surface area contributed by atoms with E-state index in [0.29, 0.717) is 25.8 Å². The first-order valence-corrected chi connectivity index (χ1v) is 14.5. The Kier molecular flexibility index (Phi) is 8.62. The topological polar surface area (TPSA) is 82.6 Å². The average molecular weight is 551 g/mol. The van der Waals surface area contributed by atoms with Crippen molar-refractivity contribution in [2.24, 2.45) is 5.92 Å². The fourth-order valence-electron chi connectivity index (χ4n) is 5.84. The van der Waals surface area contributed by atoms with Crippen LogP contribution in [0.4, 0.5) is 0 Å². The Morgan fingerprint density at radius 1 is 0.951 bits per heavy atom. The van der Waals surface area contributed by atoms with E-state index in [1.807, 2.05) is 60.8 Å². The first-order valence-electron chi connectivity index (χ1n) is 14.5. The van der Waals surface area contributed by atoms with Crippen molar-refractivity contribution in [3.8, 4) is 0 Å². The molecular formula is C34H38N4O3. The van der Waals surface area contributed by atoms with Gasteiger partial charge in [0, 0.05) is 44.6 Å². The number of carbonyl (C=O) groups excluding carboxylic acids is 3. The second kappa shape index (κ2) is 12.5. The summed E-state index contributed by atoms with van der Waals surface area (Å²) in [6, 6.07) is 23.0. The van der Waals surface area contributed by atoms with Gasteiger partial charge in [-0.25, -0.2) is 0 Å². The molecule has 1 fully saturated rings. The van der Waals surface area contributed by atoms with E-state index in [0.717, 1.165) is 32.8 Å². The maximum Gasteiger partial charge on any atom is 0.246 e. The second-order valence-corrected chi connectivity index (χ2v) is 11.3. The van der Waals surface area contributed by atoms with Crippen molar-refractivity contribution in [1.29, 1.82) is 0 Å². The Hall–Kier alpha value is -4.26. The zero-order valence-electron chi connectivity index (χ0n) is 24.0. The zero-order chi connectivity index (χ0) is 28.9. The minimum atomic E-state index is -0.708. The first-order chi connectivity index (χ1) is 19.8. The number of benzene rings is 3. The van der Waals surface area contributed by atoms with Crippen molar-refractivity contribution in [3.63, 3.8) is 0 Å². The molecule has 5 rings (SSSR count). The molecule has 1 aromatic heterocycles. The maximum absolute atomic E-state index is 14.2. The smallest absolute Gasteiger partial charge is 0.246 e. The summed E-state index contributed by atoms with van der Waals surface area (Å²) in [4.78, 5) is 49.0. The lowest BCUT2D eigenvalue weighted by Gasteiger charge is -2.35. The van der Waals surface area contributed by atoms with Crippen LogP contribution in [-0.4, -0.2) is 64.7 Å². The SMILES string of the molecule is CNC(=O)[C@H](Cc1ccc2ccccc2c1)N1CCC(=O)N(CCc2cnc3ccccc3c2)[C@@H](CC(C)C)C1=O. The van der Waals surface area contributed by atoms with Crippen molar-refractivity contribution >= 4 is 39.4 Å². The second-order valence-electron chi connectivity index (χ2n) is 11.3. The molecule has 0 unspecified atom stereocenters. The van der Waals surface area contributed by atoms with Crippen LogP contribution in [-0.2, 0) is 27.2 Å². The van der Waals surface area contributed by atoms with E-state index in [-0.39, 0.29) is 36.6 Å². The highest BCUT2D eigenvalue weighted by Gasteiger charge is 2.40. The summed E-state index contributed by atoms with van der Waals surface area (Å²) in [7, 11) is 1.60. The van der Waals surface area contributed by atoms with Crippen LogP contribution in [0, 0.1) is 5.92 Å². The molecule has 7 nitrogen and oxygen atoms in total. The number of nitrogens with one attached hydrogen (secondary N) is 1. The Bertz CT molecular complexity index is 1570. The van der Waals surface area contributed by atoms with E-state index >= 15 is 0 Å². The number of amides is 3. The third-order valence-electron chi connectivity index (χ3n) is 7.98. The predicted molar refractivity (Wildman–Crippen MR) is 162 cm³/mol. The van der Waals surface area contributed by atoms with Crippen molar-refractivity contribution in [2.45, 2.75) is 51.6 Å². The number of para-hydroxylation sites is 1. The van der Waals surface area contributed by atoms with Gasteiger partial charge in [0.1, 0.15) is 12.1 Å². The fraction of sp³-hybridized carbons (Fsp3) is 0.353. The van der Waals surface area contributed by atoms with Gasteiger partial charge in [-0.2, -0.15) is 0 Å². The third kappa shape index (κ3) is 6.40. The van der Waals surface area contributed by atoms with Gasteiger partial charge in [-0.1, -0.05) is 74.5 Å². The predicted octanol–water partition coefficient (Wildman–Crippen LogP) is 4.76. The van der Waals surface area contributed by atoms with Gasteiger partial charge >= 0.3 is 0 Å². The normalized spacial score (nSPS) is 16.8. The molecule has 1 aliphatic heterocycles. The molecule has 4 aromatic rings. The van der Waals surface area contributed by atoms with Crippen LogP contribution >= 0.6 is 0 Å². The molecule has 212 valence electrons. The zero-order valence-corrected chi connectivity index (χ0v) is 24.0. The Morgan fingerprint density at radius 3 is 2.41 bits per heavy atom. The van der Waals surface area contributed by atoms with Crippen molar-refractivity contribution in [3.05, 3.63) is 90.1 Å². The van der Waals surface area contributed by atoms with Gasteiger partial charge in [0.05, 0.1) is 5.52 Å². The van der Waals surface area contributed by atoms with Crippen LogP contribution in [0.2, 0.25) is 0 Å². The highest BCUT2D eigenvalue weighted by atomic mass is 16.2. The van der Waals surface area contributed by atoms with Crippen molar-refractivity contribution in [2.75, 3.05) is 20.1 Å². The van der Waals surface area contributed by atoms with E-state index in [1.165, 1.54) is 0 Å². The molecule has 0 bridgehead atoms. The molecule has 3 aromatic carbocycles. The summed E-state index contributed by atoms with van der Waals surface area (Å²) in [5.41, 5.74) is 2.92. The number of hydrogen-bond acceptors (Lipinski definition) is 4. The van der Waals surface area contributed by atoms with Gasteiger partial charge in [0.2, 0.25) is 17.7 Å². The summed E-state index contributed by atoms with van der Waals surface area (Å²) in [5, 5.41) is 6.02. The quantitative estimate of drug-likeness (QED) is 0.326. The molecule has 0 aliphatic carbocycles. The lowest BCUT2D eigenvalue weighted by molar-refractivity contribution is -0.146. The summed E-state index contributed by atoms with van der Waals surface area (Å²) in [5.74, 6) is -0.240. The van der Waals surface area contributed by atoms with Gasteiger partial charge in [0.25, 0.3) is 0 Å². The third-order valence-corrected chi connectivity index (χ3v) is 7.98. The molecule has 41 heavy (non-hydrogen) atoms. The number of fused-ring (bicyclic) bond motifs is 2. The number of pyridine rings is 1. The monoisotopic (exact) mass is 550 g/mol. The average Bonchev–Trinajstić information content (AvgIpc) is 3.09. The summed E-state index contributed by atoms with van der Waals surface area (Å²) in [6.07, 6.45) is 3.54. The molecule has 1 N–H and O–H groups in total. The molecule has 0 radical (unpaired) electrons. The fourth-order valence-corrected chi connectivity index (χ4v) is 5.84. The van der Waals surface area contributed by atoms with Gasteiger partial charge in [0.15, 0.2) is 0 Å². The van der Waals surface area contributed by atoms with Crippen LogP contribution in [0.15, 0.2) is 79.0 Å². The van der Waals surface area contributed by atoms with Gasteiger partial charge in [-0.05, 0) is 52.8 Å². The summed E-state index contributed by atoms with van der Waals surface area (Å²) in [6.45, 7) is 4.75. The molecule has 0 spiro atoms. The first kappa shape index (κ1) is 28.3. The van der Waals surface area contributed by atoms with E-state index in [2.05, 4.69) is 42.3 Å².